The Balaban J connectivity index is 2.42. The lowest BCUT2D eigenvalue weighted by molar-refractivity contribution is 0.0626. The Morgan fingerprint density at radius 2 is 1.60 bits per heavy atom. The molecule has 15 heavy (non-hydrogen) atoms. The van der Waals surface area contributed by atoms with Gasteiger partial charge in [0.1, 0.15) is 13.3 Å². The lowest BCUT2D eigenvalue weighted by atomic mass is 9.75. The molecule has 1 aliphatic heterocycles. The number of hydrogen-bond acceptors (Lipinski definition) is 1. The van der Waals surface area contributed by atoms with Crippen LogP contribution >= 0.6 is 0 Å². The van der Waals surface area contributed by atoms with Crippen LogP contribution in [0.3, 0.4) is 0 Å². The normalized spacial score (nSPS) is 21.2. The predicted molar refractivity (Wildman–Crippen MR) is 59.5 cm³/mol. The molecular formula is C12H23F2N. The maximum atomic E-state index is 12.5. The highest BCUT2D eigenvalue weighted by atomic mass is 19.1. The lowest BCUT2D eigenvalue weighted by Crippen LogP contribution is -2.45. The maximum absolute atomic E-state index is 12.5. The van der Waals surface area contributed by atoms with Gasteiger partial charge >= 0.3 is 0 Å². The first-order valence-corrected chi connectivity index (χ1v) is 5.85. The molecule has 0 aromatic carbocycles. The number of rotatable bonds is 3. The van der Waals surface area contributed by atoms with Gasteiger partial charge in [-0.2, -0.15) is 0 Å². The van der Waals surface area contributed by atoms with Crippen LogP contribution in [0, 0.1) is 11.3 Å². The summed E-state index contributed by atoms with van der Waals surface area (Å²) in [5.74, 6) is 0.689. The van der Waals surface area contributed by atoms with Gasteiger partial charge in [-0.1, -0.05) is 20.8 Å². The van der Waals surface area contributed by atoms with Crippen molar-refractivity contribution in [2.75, 3.05) is 26.4 Å². The molecule has 0 bridgehead atoms. The fourth-order valence-corrected chi connectivity index (χ4v) is 2.37. The number of likely N-dealkylation sites (tertiary alicyclic amines) is 1. The van der Waals surface area contributed by atoms with E-state index in [-0.39, 0.29) is 0 Å². The van der Waals surface area contributed by atoms with Crippen LogP contribution in [-0.4, -0.2) is 37.4 Å². The van der Waals surface area contributed by atoms with E-state index in [1.807, 2.05) is 4.90 Å². The van der Waals surface area contributed by atoms with Crippen molar-refractivity contribution in [2.24, 2.45) is 11.3 Å². The van der Waals surface area contributed by atoms with Crippen molar-refractivity contribution in [3.8, 4) is 0 Å². The van der Waals surface area contributed by atoms with Gasteiger partial charge in [0.25, 0.3) is 0 Å². The predicted octanol–water partition coefficient (Wildman–Crippen LogP) is 3.05. The number of halogens is 2. The van der Waals surface area contributed by atoms with Crippen molar-refractivity contribution in [1.82, 2.24) is 4.90 Å². The van der Waals surface area contributed by atoms with Crippen LogP contribution in [0.25, 0.3) is 0 Å². The first-order chi connectivity index (χ1) is 6.99. The molecule has 1 aliphatic rings. The lowest BCUT2D eigenvalue weighted by Gasteiger charge is -2.40. The zero-order valence-electron chi connectivity index (χ0n) is 10.1. The second kappa shape index (κ2) is 5.24. The minimum atomic E-state index is -0.559. The molecule has 0 atom stereocenters. The van der Waals surface area contributed by atoms with Gasteiger partial charge in [-0.25, -0.2) is 8.78 Å². The summed E-state index contributed by atoms with van der Waals surface area (Å²) >= 11 is 0. The van der Waals surface area contributed by atoms with Crippen LogP contribution in [0.4, 0.5) is 8.78 Å². The van der Waals surface area contributed by atoms with E-state index in [0.29, 0.717) is 11.3 Å². The minimum Gasteiger partial charge on any atom is -0.295 e. The number of hydrogen-bond donors (Lipinski definition) is 0. The Morgan fingerprint density at radius 1 is 1.13 bits per heavy atom. The fourth-order valence-electron chi connectivity index (χ4n) is 2.37. The zero-order chi connectivity index (χ0) is 11.5. The molecule has 0 aromatic rings. The largest absolute Gasteiger partial charge is 0.295 e. The summed E-state index contributed by atoms with van der Waals surface area (Å²) < 4.78 is 25.0. The molecule has 0 aliphatic carbocycles. The molecule has 1 rings (SSSR count). The van der Waals surface area contributed by atoms with Gasteiger partial charge in [0.15, 0.2) is 0 Å². The van der Waals surface area contributed by atoms with E-state index < -0.39 is 19.4 Å². The van der Waals surface area contributed by atoms with E-state index in [1.165, 1.54) is 0 Å². The molecule has 0 aromatic heterocycles. The standard InChI is InChI=1S/C12H23F2N/c1-12(2,3)10-4-6-15(7-5-10)11(8-13)9-14/h10-11H,4-9H2,1-3H3. The van der Waals surface area contributed by atoms with Crippen molar-refractivity contribution >= 4 is 0 Å². The molecule has 90 valence electrons. The summed E-state index contributed by atoms with van der Waals surface area (Å²) in [7, 11) is 0. The van der Waals surface area contributed by atoms with E-state index >= 15 is 0 Å². The van der Waals surface area contributed by atoms with E-state index in [2.05, 4.69) is 20.8 Å². The van der Waals surface area contributed by atoms with Crippen molar-refractivity contribution in [3.63, 3.8) is 0 Å². The highest BCUT2D eigenvalue weighted by Gasteiger charge is 2.31. The molecule has 1 saturated heterocycles. The third-order valence-corrected chi connectivity index (χ3v) is 3.63. The van der Waals surface area contributed by atoms with Crippen LogP contribution in [0.1, 0.15) is 33.6 Å². The average Bonchev–Trinajstić information content (AvgIpc) is 2.19. The Hall–Kier alpha value is -0.180. The van der Waals surface area contributed by atoms with E-state index in [9.17, 15) is 8.78 Å². The van der Waals surface area contributed by atoms with Crippen molar-refractivity contribution in [1.29, 1.82) is 0 Å². The summed E-state index contributed by atoms with van der Waals surface area (Å²) in [5.41, 5.74) is 0.326. The molecule has 0 spiro atoms. The third kappa shape index (κ3) is 3.40. The van der Waals surface area contributed by atoms with Crippen LogP contribution in [0.5, 0.6) is 0 Å². The molecule has 1 nitrogen and oxygen atoms in total. The molecular weight excluding hydrogens is 196 g/mol. The van der Waals surface area contributed by atoms with Crippen molar-refractivity contribution < 1.29 is 8.78 Å². The molecule has 0 radical (unpaired) electrons. The first kappa shape index (κ1) is 12.9. The van der Waals surface area contributed by atoms with Gasteiger partial charge in [0.05, 0.1) is 6.04 Å². The summed E-state index contributed by atoms with van der Waals surface area (Å²) in [4.78, 5) is 1.96. The summed E-state index contributed by atoms with van der Waals surface area (Å²) in [5, 5.41) is 0. The van der Waals surface area contributed by atoms with Crippen LogP contribution in [0.2, 0.25) is 0 Å². The van der Waals surface area contributed by atoms with Gasteiger partial charge in [0, 0.05) is 0 Å². The van der Waals surface area contributed by atoms with Gasteiger partial charge in [-0.15, -0.1) is 0 Å². The Labute approximate surface area is 91.8 Å². The van der Waals surface area contributed by atoms with Gasteiger partial charge in [-0.05, 0) is 37.3 Å². The van der Waals surface area contributed by atoms with E-state index in [4.69, 9.17) is 0 Å². The molecule has 0 amide bonds. The summed E-state index contributed by atoms with van der Waals surface area (Å²) in [6.07, 6.45) is 2.14. The average molecular weight is 219 g/mol. The van der Waals surface area contributed by atoms with Crippen LogP contribution < -0.4 is 0 Å². The van der Waals surface area contributed by atoms with Crippen LogP contribution in [0.15, 0.2) is 0 Å². The molecule has 0 saturated carbocycles. The SMILES string of the molecule is CC(C)(C)C1CCN(C(CF)CF)CC1. The molecule has 1 heterocycles. The van der Waals surface area contributed by atoms with Crippen LogP contribution in [-0.2, 0) is 0 Å². The van der Waals surface area contributed by atoms with E-state index in [1.54, 1.807) is 0 Å². The number of nitrogens with zero attached hydrogens (tertiary/aromatic N) is 1. The smallest absolute Gasteiger partial charge is 0.107 e. The summed E-state index contributed by atoms with van der Waals surface area (Å²) in [6, 6.07) is -0.495. The topological polar surface area (TPSA) is 3.24 Å². The highest BCUT2D eigenvalue weighted by Crippen LogP contribution is 2.34. The molecule has 0 N–H and O–H groups in total. The minimum absolute atomic E-state index is 0.326. The Morgan fingerprint density at radius 3 is 1.93 bits per heavy atom. The Bertz CT molecular complexity index is 177. The van der Waals surface area contributed by atoms with Gasteiger partial charge in [-0.3, -0.25) is 4.90 Å². The zero-order valence-corrected chi connectivity index (χ0v) is 10.1. The molecule has 1 fully saturated rings. The molecule has 0 unspecified atom stereocenters. The fraction of sp³-hybridized carbons (Fsp3) is 1.00. The third-order valence-electron chi connectivity index (χ3n) is 3.63. The van der Waals surface area contributed by atoms with Crippen molar-refractivity contribution in [3.05, 3.63) is 0 Å². The summed E-state index contributed by atoms with van der Waals surface area (Å²) in [6.45, 7) is 7.31. The van der Waals surface area contributed by atoms with Crippen molar-refractivity contribution in [2.45, 2.75) is 39.7 Å². The number of piperidine rings is 1. The monoisotopic (exact) mass is 219 g/mol. The quantitative estimate of drug-likeness (QED) is 0.705. The van der Waals surface area contributed by atoms with E-state index in [0.717, 1.165) is 25.9 Å². The second-order valence-electron chi connectivity index (χ2n) is 5.64. The maximum Gasteiger partial charge on any atom is 0.107 e. The number of alkyl halides is 2. The molecule has 3 heteroatoms. The van der Waals surface area contributed by atoms with Gasteiger partial charge < -0.3 is 0 Å². The second-order valence-corrected chi connectivity index (χ2v) is 5.64. The first-order valence-electron chi connectivity index (χ1n) is 5.85. The highest BCUT2D eigenvalue weighted by molar-refractivity contribution is 4.83. The van der Waals surface area contributed by atoms with Gasteiger partial charge in [0.2, 0.25) is 0 Å². The Kier molecular flexibility index (Phi) is 4.50.